The van der Waals surface area contributed by atoms with Crippen LogP contribution in [0.4, 0.5) is 11.4 Å². The highest BCUT2D eigenvalue weighted by molar-refractivity contribution is 6.02. The number of amides is 1. The second-order valence-electron chi connectivity index (χ2n) is 5.87. The lowest BCUT2D eigenvalue weighted by Crippen LogP contribution is -2.11. The molecule has 0 fully saturated rings. The summed E-state index contributed by atoms with van der Waals surface area (Å²) in [5, 5.41) is 13.7. The van der Waals surface area contributed by atoms with Crippen LogP contribution in [0.2, 0.25) is 0 Å². The van der Waals surface area contributed by atoms with E-state index in [4.69, 9.17) is 0 Å². The Hall–Kier alpha value is -2.95. The molecule has 0 spiro atoms. The van der Waals surface area contributed by atoms with Crippen LogP contribution in [-0.2, 0) is 4.79 Å². The minimum atomic E-state index is -0.459. The van der Waals surface area contributed by atoms with E-state index < -0.39 is 4.92 Å². The van der Waals surface area contributed by atoms with Crippen molar-refractivity contribution in [1.29, 1.82) is 0 Å². The van der Waals surface area contributed by atoms with Gasteiger partial charge in [0.2, 0.25) is 5.91 Å². The van der Waals surface area contributed by atoms with Gasteiger partial charge in [0.25, 0.3) is 5.69 Å². The summed E-state index contributed by atoms with van der Waals surface area (Å²) in [6, 6.07) is 12.1. The Morgan fingerprint density at radius 1 is 1.21 bits per heavy atom. The summed E-state index contributed by atoms with van der Waals surface area (Å²) >= 11 is 0. The zero-order valence-electron chi connectivity index (χ0n) is 13.9. The fraction of sp³-hybridized carbons (Fsp3) is 0.211. The van der Waals surface area contributed by atoms with Crippen molar-refractivity contribution in [2.24, 2.45) is 0 Å². The van der Waals surface area contributed by atoms with E-state index in [1.165, 1.54) is 18.2 Å². The number of anilines is 1. The highest BCUT2D eigenvalue weighted by Crippen LogP contribution is 2.27. The molecule has 0 atom stereocenters. The van der Waals surface area contributed by atoms with Crippen LogP contribution in [0.5, 0.6) is 0 Å². The largest absolute Gasteiger partial charge is 0.322 e. The van der Waals surface area contributed by atoms with Crippen LogP contribution >= 0.6 is 0 Å². The van der Waals surface area contributed by atoms with Crippen LogP contribution < -0.4 is 5.32 Å². The van der Waals surface area contributed by atoms with Gasteiger partial charge < -0.3 is 5.32 Å². The first-order valence-corrected chi connectivity index (χ1v) is 7.71. The van der Waals surface area contributed by atoms with E-state index in [0.29, 0.717) is 11.5 Å². The monoisotopic (exact) mass is 324 g/mol. The molecule has 0 saturated heterocycles. The molecule has 24 heavy (non-hydrogen) atoms. The number of carbonyl (C=O) groups excluding carboxylic acids is 1. The van der Waals surface area contributed by atoms with Gasteiger partial charge in [0.1, 0.15) is 0 Å². The molecule has 0 aromatic heterocycles. The zero-order chi connectivity index (χ0) is 17.7. The van der Waals surface area contributed by atoms with Crippen molar-refractivity contribution in [3.05, 3.63) is 75.3 Å². The van der Waals surface area contributed by atoms with Crippen molar-refractivity contribution >= 4 is 23.4 Å². The Morgan fingerprint density at radius 3 is 2.58 bits per heavy atom. The van der Waals surface area contributed by atoms with E-state index in [1.807, 2.05) is 25.1 Å². The summed E-state index contributed by atoms with van der Waals surface area (Å²) in [5.41, 5.74) is 3.50. The summed E-state index contributed by atoms with van der Waals surface area (Å²) in [5.74, 6) is 0.0265. The number of carbonyl (C=O) groups is 1. The fourth-order valence-electron chi connectivity index (χ4n) is 2.42. The van der Waals surface area contributed by atoms with Crippen LogP contribution in [0.25, 0.3) is 6.08 Å². The van der Waals surface area contributed by atoms with Gasteiger partial charge in [-0.25, -0.2) is 0 Å². The lowest BCUT2D eigenvalue weighted by Gasteiger charge is -2.15. The van der Waals surface area contributed by atoms with E-state index in [-0.39, 0.29) is 11.6 Å². The van der Waals surface area contributed by atoms with Gasteiger partial charge in [-0.3, -0.25) is 14.9 Å². The third-order valence-electron chi connectivity index (χ3n) is 3.68. The van der Waals surface area contributed by atoms with Crippen molar-refractivity contribution in [3.63, 3.8) is 0 Å². The number of nitro benzene ring substituents is 1. The standard InChI is InChI=1S/C19H20N2O3/c1-13(2)17-9-4-6-14(3)19(17)20-18(22)11-10-15-7-5-8-16(12-15)21(23)24/h4-13H,1-3H3,(H,20,22)/b11-10+. The molecule has 0 bridgehead atoms. The number of hydrogen-bond donors (Lipinski definition) is 1. The molecule has 0 saturated carbocycles. The van der Waals surface area contributed by atoms with Crippen LogP contribution in [0.15, 0.2) is 48.5 Å². The molecule has 1 amide bonds. The summed E-state index contributed by atoms with van der Waals surface area (Å²) in [6.07, 6.45) is 2.95. The van der Waals surface area contributed by atoms with Crippen molar-refractivity contribution in [2.45, 2.75) is 26.7 Å². The Kier molecular flexibility index (Phi) is 5.47. The Labute approximate surface area is 141 Å². The van der Waals surface area contributed by atoms with Gasteiger partial charge >= 0.3 is 0 Å². The molecule has 0 unspecified atom stereocenters. The smallest absolute Gasteiger partial charge is 0.270 e. The number of benzene rings is 2. The Balaban J connectivity index is 2.17. The van der Waals surface area contributed by atoms with Gasteiger partial charge in [0.15, 0.2) is 0 Å². The van der Waals surface area contributed by atoms with Crippen molar-refractivity contribution in [2.75, 3.05) is 5.32 Å². The van der Waals surface area contributed by atoms with Gasteiger partial charge in [0, 0.05) is 23.9 Å². The number of rotatable bonds is 5. The highest BCUT2D eigenvalue weighted by atomic mass is 16.6. The van der Waals surface area contributed by atoms with E-state index in [2.05, 4.69) is 19.2 Å². The summed E-state index contributed by atoms with van der Waals surface area (Å²) in [4.78, 5) is 22.5. The van der Waals surface area contributed by atoms with E-state index >= 15 is 0 Å². The number of nitrogens with one attached hydrogen (secondary N) is 1. The number of hydrogen-bond acceptors (Lipinski definition) is 3. The molecule has 0 aliphatic carbocycles. The minimum Gasteiger partial charge on any atom is -0.322 e. The Morgan fingerprint density at radius 2 is 1.92 bits per heavy atom. The third kappa shape index (κ3) is 4.29. The average Bonchev–Trinajstić information content (AvgIpc) is 2.55. The SMILES string of the molecule is Cc1cccc(C(C)C)c1NC(=O)/C=C/c1cccc([N+](=O)[O-])c1. The molecular weight excluding hydrogens is 304 g/mol. The van der Waals surface area contributed by atoms with E-state index in [9.17, 15) is 14.9 Å². The highest BCUT2D eigenvalue weighted by Gasteiger charge is 2.10. The topological polar surface area (TPSA) is 72.2 Å². The van der Waals surface area contributed by atoms with E-state index in [0.717, 1.165) is 16.8 Å². The predicted octanol–water partition coefficient (Wildman–Crippen LogP) is 4.68. The molecule has 2 aromatic carbocycles. The van der Waals surface area contributed by atoms with Crippen molar-refractivity contribution < 1.29 is 9.72 Å². The number of nitro groups is 1. The van der Waals surface area contributed by atoms with Crippen LogP contribution in [0.3, 0.4) is 0 Å². The van der Waals surface area contributed by atoms with Gasteiger partial charge in [-0.2, -0.15) is 0 Å². The maximum Gasteiger partial charge on any atom is 0.270 e. The number of aryl methyl sites for hydroxylation is 1. The summed E-state index contributed by atoms with van der Waals surface area (Å²) < 4.78 is 0. The summed E-state index contributed by atoms with van der Waals surface area (Å²) in [7, 11) is 0. The van der Waals surface area contributed by atoms with Crippen molar-refractivity contribution in [1.82, 2.24) is 0 Å². The zero-order valence-corrected chi connectivity index (χ0v) is 13.9. The van der Waals surface area contributed by atoms with Crippen LogP contribution in [-0.4, -0.2) is 10.8 Å². The lowest BCUT2D eigenvalue weighted by molar-refractivity contribution is -0.384. The maximum atomic E-state index is 12.2. The lowest BCUT2D eigenvalue weighted by atomic mass is 9.98. The van der Waals surface area contributed by atoms with Gasteiger partial charge in [-0.05, 0) is 35.6 Å². The summed E-state index contributed by atoms with van der Waals surface area (Å²) in [6.45, 7) is 6.10. The first-order valence-electron chi connectivity index (χ1n) is 7.71. The molecule has 1 N–H and O–H groups in total. The number of para-hydroxylation sites is 1. The molecule has 124 valence electrons. The van der Waals surface area contributed by atoms with Gasteiger partial charge in [0.05, 0.1) is 4.92 Å². The van der Waals surface area contributed by atoms with Gasteiger partial charge in [-0.15, -0.1) is 0 Å². The van der Waals surface area contributed by atoms with Crippen molar-refractivity contribution in [3.8, 4) is 0 Å². The minimum absolute atomic E-state index is 0.00134. The molecule has 0 heterocycles. The second-order valence-corrected chi connectivity index (χ2v) is 5.87. The second kappa shape index (κ2) is 7.55. The number of nitrogens with zero attached hydrogens (tertiary/aromatic N) is 1. The molecule has 2 aromatic rings. The first-order chi connectivity index (χ1) is 11.4. The third-order valence-corrected chi connectivity index (χ3v) is 3.68. The fourth-order valence-corrected chi connectivity index (χ4v) is 2.42. The molecule has 0 aliphatic heterocycles. The number of non-ortho nitro benzene ring substituents is 1. The van der Waals surface area contributed by atoms with Gasteiger partial charge in [-0.1, -0.05) is 44.2 Å². The molecular formula is C19H20N2O3. The maximum absolute atomic E-state index is 12.2. The quantitative estimate of drug-likeness (QED) is 0.493. The molecule has 0 radical (unpaired) electrons. The van der Waals surface area contributed by atoms with E-state index in [1.54, 1.807) is 18.2 Å². The predicted molar refractivity (Wildman–Crippen MR) is 96.0 cm³/mol. The molecule has 5 nitrogen and oxygen atoms in total. The molecule has 2 rings (SSSR count). The molecule has 0 aliphatic rings. The van der Waals surface area contributed by atoms with Crippen LogP contribution in [0.1, 0.15) is 36.5 Å². The normalized spacial score (nSPS) is 11.0. The first kappa shape index (κ1) is 17.4. The molecule has 5 heteroatoms. The average molecular weight is 324 g/mol. The Bertz CT molecular complexity index is 795. The van der Waals surface area contributed by atoms with Crippen LogP contribution in [0, 0.1) is 17.0 Å².